The summed E-state index contributed by atoms with van der Waals surface area (Å²) in [5, 5.41) is 14.4. The van der Waals surface area contributed by atoms with Gasteiger partial charge in [-0.05, 0) is 60.2 Å². The smallest absolute Gasteiger partial charge is 0.419 e. The number of imide groups is 1. The van der Waals surface area contributed by atoms with E-state index < -0.39 is 17.6 Å². The molecule has 0 saturated carbocycles. The van der Waals surface area contributed by atoms with E-state index in [0.29, 0.717) is 43.4 Å². The van der Waals surface area contributed by atoms with Crippen molar-refractivity contribution in [3.8, 4) is 5.75 Å². The first-order valence-electron chi connectivity index (χ1n) is 18.4. The van der Waals surface area contributed by atoms with E-state index in [2.05, 4.69) is 53.5 Å². The van der Waals surface area contributed by atoms with E-state index in [-0.39, 0.29) is 46.0 Å². The maximum atomic E-state index is 14.0. The molecule has 1 aromatic heterocycles. The van der Waals surface area contributed by atoms with E-state index in [4.69, 9.17) is 17.4 Å². The molecule has 3 aliphatic rings. The number of piperidine rings is 2. The monoisotopic (exact) mass is 788 g/mol. The average Bonchev–Trinajstić information content (AvgIpc) is 3.53. The number of aromatic nitrogens is 1. The van der Waals surface area contributed by atoms with Gasteiger partial charge in [0.2, 0.25) is 11.8 Å². The van der Waals surface area contributed by atoms with E-state index in [9.17, 15) is 27.6 Å². The normalized spacial score (nSPS) is 19.0. The molecular weight excluding hydrogens is 746 g/mol. The summed E-state index contributed by atoms with van der Waals surface area (Å²) in [6, 6.07) is 19.3. The number of fused-ring (bicyclic) bond motifs is 1. The molecule has 5 N–H and O–H groups in total. The molecule has 4 aromatic rings. The molecule has 12 nitrogen and oxygen atoms in total. The largest absolute Gasteiger partial charge is 0.494 e. The predicted molar refractivity (Wildman–Crippen MR) is 211 cm³/mol. The number of amides is 3. The van der Waals surface area contributed by atoms with E-state index in [1.807, 2.05) is 24.3 Å². The second-order valence-electron chi connectivity index (χ2n) is 14.0. The first kappa shape index (κ1) is 38.9. The summed E-state index contributed by atoms with van der Waals surface area (Å²) in [6.07, 6.45) is -1.32. The maximum absolute atomic E-state index is 14.0. The summed E-state index contributed by atoms with van der Waals surface area (Å²) in [6.45, 7) is 2.88. The van der Waals surface area contributed by atoms with Gasteiger partial charge in [0.1, 0.15) is 11.6 Å². The molecule has 2 saturated heterocycles. The van der Waals surface area contributed by atoms with Crippen LogP contribution in [0.3, 0.4) is 0 Å². The number of para-hydroxylation sites is 1. The van der Waals surface area contributed by atoms with Gasteiger partial charge in [-0.1, -0.05) is 30.3 Å². The van der Waals surface area contributed by atoms with Crippen LogP contribution in [0.2, 0.25) is 0 Å². The number of thiol groups is 1. The predicted octanol–water partition coefficient (Wildman–Crippen LogP) is 6.26. The number of anilines is 5. The molecule has 0 radical (unpaired) electrons. The minimum Gasteiger partial charge on any atom is -0.494 e. The molecule has 3 aromatic carbocycles. The van der Waals surface area contributed by atoms with Crippen molar-refractivity contribution < 1.29 is 32.3 Å². The fourth-order valence-corrected chi connectivity index (χ4v) is 8.10. The fraction of sp³-hybridized carbons (Fsp3) is 0.350. The van der Waals surface area contributed by atoms with Crippen LogP contribution in [0.25, 0.3) is 0 Å². The fourth-order valence-electron chi connectivity index (χ4n) is 7.62. The third-order valence-corrected chi connectivity index (χ3v) is 11.2. The van der Waals surface area contributed by atoms with E-state index in [1.54, 1.807) is 12.1 Å². The van der Waals surface area contributed by atoms with Gasteiger partial charge in [0.25, 0.3) is 5.91 Å². The van der Waals surface area contributed by atoms with Gasteiger partial charge in [-0.2, -0.15) is 25.8 Å². The minimum atomic E-state index is -4.70. The van der Waals surface area contributed by atoms with Crippen molar-refractivity contribution >= 4 is 58.9 Å². The van der Waals surface area contributed by atoms with Gasteiger partial charge in [0.15, 0.2) is 0 Å². The second-order valence-corrected chi connectivity index (χ2v) is 14.5. The molecule has 16 heteroatoms. The number of ether oxygens (including phenoxy) is 1. The van der Waals surface area contributed by atoms with Gasteiger partial charge in [-0.25, -0.2) is 4.98 Å². The summed E-state index contributed by atoms with van der Waals surface area (Å²) < 4.78 is 47.8. The van der Waals surface area contributed by atoms with Crippen molar-refractivity contribution in [2.24, 2.45) is 0 Å². The lowest BCUT2D eigenvalue weighted by atomic mass is 10.0. The summed E-state index contributed by atoms with van der Waals surface area (Å²) in [7, 11) is 2.98. The molecule has 2 unspecified atom stereocenters. The Hall–Kier alpha value is -5.32. The molecular formula is C40H43F3N8O4S. The number of rotatable bonds is 11. The Morgan fingerprint density at radius 1 is 0.982 bits per heavy atom. The molecule has 56 heavy (non-hydrogen) atoms. The molecule has 3 amide bonds. The third-order valence-electron chi connectivity index (χ3n) is 10.6. The van der Waals surface area contributed by atoms with Crippen molar-refractivity contribution in [2.45, 2.75) is 62.4 Å². The van der Waals surface area contributed by atoms with Crippen molar-refractivity contribution in [1.29, 1.82) is 0 Å². The molecule has 7 rings (SSSR count). The summed E-state index contributed by atoms with van der Waals surface area (Å²) in [5.41, 5.74) is 4.07. The van der Waals surface area contributed by atoms with Crippen molar-refractivity contribution in [3.63, 3.8) is 0 Å². The van der Waals surface area contributed by atoms with Crippen LogP contribution in [0.5, 0.6) is 5.75 Å². The number of alkyl halides is 3. The number of carbonyl (C=O) groups is 3. The first-order valence-corrected chi connectivity index (χ1v) is 18.9. The van der Waals surface area contributed by atoms with Crippen LogP contribution in [0.4, 0.5) is 41.7 Å². The van der Waals surface area contributed by atoms with Gasteiger partial charge in [-0.3, -0.25) is 24.6 Å². The van der Waals surface area contributed by atoms with Gasteiger partial charge >= 0.3 is 6.18 Å². The van der Waals surface area contributed by atoms with Gasteiger partial charge < -0.3 is 30.9 Å². The highest BCUT2D eigenvalue weighted by Gasteiger charge is 2.40. The lowest BCUT2D eigenvalue weighted by molar-refractivity contribution is -0.138. The van der Waals surface area contributed by atoms with Crippen molar-refractivity contribution in [1.82, 2.24) is 25.8 Å². The van der Waals surface area contributed by atoms with Crippen LogP contribution in [-0.4, -0.2) is 66.9 Å². The zero-order valence-electron chi connectivity index (χ0n) is 30.9. The maximum Gasteiger partial charge on any atom is 0.419 e. The van der Waals surface area contributed by atoms with Crippen molar-refractivity contribution in [3.05, 3.63) is 101 Å². The number of hydrogen-bond acceptors (Lipinski definition) is 11. The number of nitrogens with one attached hydrogen (secondary N) is 5. The van der Waals surface area contributed by atoms with Crippen LogP contribution < -0.4 is 36.2 Å². The highest BCUT2D eigenvalue weighted by molar-refractivity contribution is 7.80. The lowest BCUT2D eigenvalue weighted by Gasteiger charge is -2.34. The highest BCUT2D eigenvalue weighted by Crippen LogP contribution is 2.41. The average molecular weight is 789 g/mol. The molecule has 3 aliphatic heterocycles. The Kier molecular flexibility index (Phi) is 11.4. The van der Waals surface area contributed by atoms with Crippen molar-refractivity contribution in [2.75, 3.05) is 42.8 Å². The van der Waals surface area contributed by atoms with Crippen LogP contribution in [0.15, 0.2) is 72.9 Å². The first-order chi connectivity index (χ1) is 26.9. The van der Waals surface area contributed by atoms with Gasteiger partial charge in [0, 0.05) is 69.7 Å². The number of pyridine rings is 1. The molecule has 0 bridgehead atoms. The highest BCUT2D eigenvalue weighted by atomic mass is 32.1. The van der Waals surface area contributed by atoms with Crippen LogP contribution in [-0.2, 0) is 28.9 Å². The van der Waals surface area contributed by atoms with Gasteiger partial charge in [-0.15, -0.1) is 0 Å². The van der Waals surface area contributed by atoms with E-state index in [1.165, 1.54) is 43.5 Å². The Morgan fingerprint density at radius 3 is 2.50 bits per heavy atom. The second kappa shape index (κ2) is 16.4. The standard InChI is InChI=1S/C40H43F3N8O4S/c1-44-37(53)27-7-3-4-9-30(27)47-32-19-35(46-21-29(32)40(41,42)43)48-31-11-10-25(18-34(31)55-2)50-16-14-24(15-17-50)45-20-23-6-5-8-26-28(23)22-51(39(26)56)33-12-13-36(52)49-38(33)54/h3-11,18-19,21,24,33,39,45,56H,12-17,20,22H2,1-2H3,(H,44,53)(H2,46,47,48)(H,49,52,54). The molecule has 2 fully saturated rings. The lowest BCUT2D eigenvalue weighted by Crippen LogP contribution is -2.51. The number of benzene rings is 3. The molecule has 294 valence electrons. The molecule has 0 aliphatic carbocycles. The molecule has 4 heterocycles. The topological polar surface area (TPSA) is 140 Å². The van der Waals surface area contributed by atoms with Crippen LogP contribution >= 0.6 is 12.6 Å². The SMILES string of the molecule is CNC(=O)c1ccccc1Nc1cc(Nc2ccc(N3CCC(NCc4cccc5c4CN(C4CCC(=O)NC4=O)C5S)CC3)cc2OC)ncc1C(F)(F)F. The summed E-state index contributed by atoms with van der Waals surface area (Å²) in [4.78, 5) is 45.1. The molecule has 2 atom stereocenters. The summed E-state index contributed by atoms with van der Waals surface area (Å²) >= 11 is 4.86. The number of nitrogens with zero attached hydrogens (tertiary/aromatic N) is 3. The minimum absolute atomic E-state index is 0.147. The van der Waals surface area contributed by atoms with E-state index in [0.717, 1.165) is 43.4 Å². The van der Waals surface area contributed by atoms with Crippen LogP contribution in [0.1, 0.15) is 63.7 Å². The number of carbonyl (C=O) groups excluding carboxylic acids is 3. The Bertz CT molecular complexity index is 2130. The quantitative estimate of drug-likeness (QED) is 0.0763. The Balaban J connectivity index is 0.983. The third kappa shape index (κ3) is 8.27. The number of halogens is 3. The van der Waals surface area contributed by atoms with E-state index >= 15 is 0 Å². The molecule has 0 spiro atoms. The zero-order chi connectivity index (χ0) is 39.6. The summed E-state index contributed by atoms with van der Waals surface area (Å²) in [5.74, 6) is -0.291. The Labute approximate surface area is 328 Å². The van der Waals surface area contributed by atoms with Crippen LogP contribution in [0, 0.1) is 0 Å². The zero-order valence-corrected chi connectivity index (χ0v) is 31.8. The number of methoxy groups -OCH3 is 1. The Morgan fingerprint density at radius 2 is 1.77 bits per heavy atom. The van der Waals surface area contributed by atoms with Gasteiger partial charge in [0.05, 0.1) is 46.7 Å². The number of hydrogen-bond donors (Lipinski definition) is 6.